The van der Waals surface area contributed by atoms with Gasteiger partial charge < -0.3 is 10.6 Å². The third-order valence-corrected chi connectivity index (χ3v) is 3.42. The lowest BCUT2D eigenvalue weighted by Crippen LogP contribution is -2.34. The highest BCUT2D eigenvalue weighted by Gasteiger charge is 2.13. The first kappa shape index (κ1) is 13.4. The number of nitrogens with one attached hydrogen (secondary N) is 2. The van der Waals surface area contributed by atoms with Gasteiger partial charge in [-0.2, -0.15) is 0 Å². The van der Waals surface area contributed by atoms with E-state index < -0.39 is 0 Å². The SMILES string of the molecule is O=C(NCCNC1=NCc2ccccc21)c1ccccc1. The maximum atomic E-state index is 11.9. The Hall–Kier alpha value is -2.62. The van der Waals surface area contributed by atoms with Crippen molar-refractivity contribution in [2.45, 2.75) is 6.54 Å². The van der Waals surface area contributed by atoms with Crippen molar-refractivity contribution in [3.8, 4) is 0 Å². The van der Waals surface area contributed by atoms with Gasteiger partial charge in [-0.1, -0.05) is 42.5 Å². The smallest absolute Gasteiger partial charge is 0.251 e. The number of aliphatic imine (C=N–C) groups is 1. The summed E-state index contributed by atoms with van der Waals surface area (Å²) in [7, 11) is 0. The minimum atomic E-state index is -0.0499. The number of carbonyl (C=O) groups is 1. The van der Waals surface area contributed by atoms with Crippen LogP contribution >= 0.6 is 0 Å². The molecule has 0 fully saturated rings. The molecule has 2 aromatic carbocycles. The van der Waals surface area contributed by atoms with Crippen molar-refractivity contribution in [1.82, 2.24) is 10.6 Å². The van der Waals surface area contributed by atoms with Crippen LogP contribution < -0.4 is 10.6 Å². The fourth-order valence-corrected chi connectivity index (χ4v) is 2.34. The number of nitrogens with zero attached hydrogens (tertiary/aromatic N) is 1. The number of fused-ring (bicyclic) bond motifs is 1. The zero-order valence-corrected chi connectivity index (χ0v) is 11.7. The van der Waals surface area contributed by atoms with E-state index in [1.807, 2.05) is 30.3 Å². The zero-order chi connectivity index (χ0) is 14.5. The van der Waals surface area contributed by atoms with E-state index in [9.17, 15) is 4.79 Å². The van der Waals surface area contributed by atoms with Gasteiger partial charge in [0.1, 0.15) is 5.84 Å². The van der Waals surface area contributed by atoms with Gasteiger partial charge in [-0.25, -0.2) is 0 Å². The quantitative estimate of drug-likeness (QED) is 0.841. The van der Waals surface area contributed by atoms with E-state index in [0.717, 1.165) is 17.9 Å². The minimum Gasteiger partial charge on any atom is -0.368 e. The molecule has 1 amide bonds. The lowest BCUT2D eigenvalue weighted by Gasteiger charge is -2.09. The van der Waals surface area contributed by atoms with E-state index in [1.54, 1.807) is 12.1 Å². The molecule has 0 aromatic heterocycles. The summed E-state index contributed by atoms with van der Waals surface area (Å²) >= 11 is 0. The van der Waals surface area contributed by atoms with Crippen molar-refractivity contribution in [2.75, 3.05) is 13.1 Å². The average Bonchev–Trinajstić information content (AvgIpc) is 2.95. The Morgan fingerprint density at radius 1 is 1.00 bits per heavy atom. The normalized spacial score (nSPS) is 12.5. The van der Waals surface area contributed by atoms with E-state index in [2.05, 4.69) is 27.8 Å². The zero-order valence-electron chi connectivity index (χ0n) is 11.7. The van der Waals surface area contributed by atoms with Crippen LogP contribution in [0.3, 0.4) is 0 Å². The molecule has 0 bridgehead atoms. The molecule has 1 aliphatic rings. The minimum absolute atomic E-state index is 0.0499. The van der Waals surface area contributed by atoms with Crippen LogP contribution in [0.15, 0.2) is 59.6 Å². The van der Waals surface area contributed by atoms with Crippen molar-refractivity contribution >= 4 is 11.7 Å². The fourth-order valence-electron chi connectivity index (χ4n) is 2.34. The van der Waals surface area contributed by atoms with Crippen molar-refractivity contribution in [2.24, 2.45) is 4.99 Å². The fraction of sp³-hybridized carbons (Fsp3) is 0.176. The number of rotatable bonds is 4. The van der Waals surface area contributed by atoms with Gasteiger partial charge in [0.05, 0.1) is 6.54 Å². The predicted octanol–water partition coefficient (Wildman–Crippen LogP) is 1.97. The van der Waals surface area contributed by atoms with Crippen LogP contribution in [0.4, 0.5) is 0 Å². The summed E-state index contributed by atoms with van der Waals surface area (Å²) in [6.07, 6.45) is 0. The topological polar surface area (TPSA) is 53.5 Å². The van der Waals surface area contributed by atoms with Gasteiger partial charge in [0.15, 0.2) is 0 Å². The molecule has 0 saturated heterocycles. The highest BCUT2D eigenvalue weighted by molar-refractivity contribution is 6.02. The Kier molecular flexibility index (Phi) is 3.96. The average molecular weight is 279 g/mol. The molecular formula is C17H17N3O. The van der Waals surface area contributed by atoms with Crippen LogP contribution in [0.25, 0.3) is 0 Å². The summed E-state index contributed by atoms with van der Waals surface area (Å²) in [6, 6.07) is 17.4. The summed E-state index contributed by atoms with van der Waals surface area (Å²) in [5, 5.41) is 6.17. The summed E-state index contributed by atoms with van der Waals surface area (Å²) < 4.78 is 0. The number of hydrogen-bond acceptors (Lipinski definition) is 3. The van der Waals surface area contributed by atoms with E-state index in [4.69, 9.17) is 0 Å². The molecule has 4 nitrogen and oxygen atoms in total. The van der Waals surface area contributed by atoms with Crippen LogP contribution in [0, 0.1) is 0 Å². The standard InChI is InChI=1S/C17H17N3O/c21-17(13-6-2-1-3-7-13)19-11-10-18-16-15-9-5-4-8-14(15)12-20-16/h1-9H,10-12H2,(H,18,20)(H,19,21). The monoisotopic (exact) mass is 279 g/mol. The van der Waals surface area contributed by atoms with Gasteiger partial charge in [0.25, 0.3) is 5.91 Å². The predicted molar refractivity (Wildman–Crippen MR) is 83.5 cm³/mol. The number of benzene rings is 2. The number of amidine groups is 1. The van der Waals surface area contributed by atoms with Gasteiger partial charge >= 0.3 is 0 Å². The molecule has 106 valence electrons. The lowest BCUT2D eigenvalue weighted by molar-refractivity contribution is 0.0954. The molecule has 0 unspecified atom stereocenters. The molecule has 0 radical (unpaired) electrons. The molecule has 0 saturated carbocycles. The molecule has 0 spiro atoms. The first-order chi connectivity index (χ1) is 10.3. The Labute approximate surface area is 123 Å². The van der Waals surface area contributed by atoms with Crippen LogP contribution in [0.1, 0.15) is 21.5 Å². The van der Waals surface area contributed by atoms with Gasteiger partial charge in [-0.05, 0) is 17.7 Å². The number of amides is 1. The molecule has 0 aliphatic carbocycles. The Morgan fingerprint density at radius 2 is 1.76 bits per heavy atom. The molecule has 1 heterocycles. The Balaban J connectivity index is 1.47. The number of hydrogen-bond donors (Lipinski definition) is 2. The third kappa shape index (κ3) is 3.11. The molecule has 3 rings (SSSR count). The molecule has 0 atom stereocenters. The van der Waals surface area contributed by atoms with Gasteiger partial charge in [-0.3, -0.25) is 9.79 Å². The van der Waals surface area contributed by atoms with E-state index in [0.29, 0.717) is 18.7 Å². The largest absolute Gasteiger partial charge is 0.368 e. The summed E-state index contributed by atoms with van der Waals surface area (Å²) in [4.78, 5) is 16.3. The molecule has 1 aliphatic heterocycles. The molecule has 4 heteroatoms. The first-order valence-corrected chi connectivity index (χ1v) is 7.04. The highest BCUT2D eigenvalue weighted by atomic mass is 16.1. The highest BCUT2D eigenvalue weighted by Crippen LogP contribution is 2.16. The maximum Gasteiger partial charge on any atom is 0.251 e. The molecule has 2 aromatic rings. The van der Waals surface area contributed by atoms with Gasteiger partial charge in [0, 0.05) is 24.2 Å². The van der Waals surface area contributed by atoms with Crippen molar-refractivity contribution in [3.05, 3.63) is 71.3 Å². The molecular weight excluding hydrogens is 262 g/mol. The van der Waals surface area contributed by atoms with Gasteiger partial charge in [-0.15, -0.1) is 0 Å². The van der Waals surface area contributed by atoms with Crippen molar-refractivity contribution in [1.29, 1.82) is 0 Å². The summed E-state index contributed by atoms with van der Waals surface area (Å²) in [5.74, 6) is 0.866. The van der Waals surface area contributed by atoms with Crippen LogP contribution in [-0.2, 0) is 6.54 Å². The van der Waals surface area contributed by atoms with Crippen LogP contribution in [0.5, 0.6) is 0 Å². The molecule has 21 heavy (non-hydrogen) atoms. The maximum absolute atomic E-state index is 11.9. The Bertz CT molecular complexity index is 665. The second-order valence-corrected chi connectivity index (χ2v) is 4.87. The second kappa shape index (κ2) is 6.22. The van der Waals surface area contributed by atoms with E-state index >= 15 is 0 Å². The third-order valence-electron chi connectivity index (χ3n) is 3.42. The van der Waals surface area contributed by atoms with Gasteiger partial charge in [0.2, 0.25) is 0 Å². The van der Waals surface area contributed by atoms with Crippen molar-refractivity contribution < 1.29 is 4.79 Å². The Morgan fingerprint density at radius 3 is 2.62 bits per heavy atom. The first-order valence-electron chi connectivity index (χ1n) is 7.04. The van der Waals surface area contributed by atoms with Crippen molar-refractivity contribution in [3.63, 3.8) is 0 Å². The lowest BCUT2D eigenvalue weighted by atomic mass is 10.1. The van der Waals surface area contributed by atoms with E-state index in [1.165, 1.54) is 5.56 Å². The number of carbonyl (C=O) groups excluding carboxylic acids is 1. The summed E-state index contributed by atoms with van der Waals surface area (Å²) in [6.45, 7) is 1.95. The second-order valence-electron chi connectivity index (χ2n) is 4.87. The molecule has 2 N–H and O–H groups in total. The van der Waals surface area contributed by atoms with Crippen LogP contribution in [-0.4, -0.2) is 24.8 Å². The van der Waals surface area contributed by atoms with Crippen LogP contribution in [0.2, 0.25) is 0 Å². The summed E-state index contributed by atoms with van der Waals surface area (Å²) in [5.41, 5.74) is 3.08. The van der Waals surface area contributed by atoms with E-state index in [-0.39, 0.29) is 5.91 Å².